The first-order valence-electron chi connectivity index (χ1n) is 5.23. The molecule has 74 valence electrons. The topological polar surface area (TPSA) is 44.6 Å². The van der Waals surface area contributed by atoms with Crippen molar-refractivity contribution in [3.63, 3.8) is 0 Å². The van der Waals surface area contributed by atoms with E-state index < -0.39 is 0 Å². The zero-order valence-electron chi connectivity index (χ0n) is 8.16. The lowest BCUT2D eigenvalue weighted by molar-refractivity contribution is 0.0792. The number of aliphatic imine (C=N–C) groups is 1. The van der Waals surface area contributed by atoms with E-state index in [-0.39, 0.29) is 6.23 Å². The van der Waals surface area contributed by atoms with Crippen LogP contribution >= 0.6 is 0 Å². The second-order valence-corrected chi connectivity index (χ2v) is 4.19. The van der Waals surface area contributed by atoms with E-state index in [1.807, 2.05) is 0 Å². The molecule has 0 aliphatic carbocycles. The van der Waals surface area contributed by atoms with Crippen molar-refractivity contribution in [1.29, 1.82) is 0 Å². The lowest BCUT2D eigenvalue weighted by Crippen LogP contribution is -2.47. The molecule has 0 saturated carbocycles. The van der Waals surface area contributed by atoms with Gasteiger partial charge in [0.25, 0.3) is 0 Å². The zero-order chi connectivity index (χ0) is 9.26. The van der Waals surface area contributed by atoms with Crippen LogP contribution in [-0.2, 0) is 0 Å². The number of aliphatic hydroxyl groups is 1. The molecule has 1 saturated heterocycles. The second-order valence-electron chi connectivity index (χ2n) is 4.19. The molecule has 0 bridgehead atoms. The van der Waals surface area contributed by atoms with Crippen molar-refractivity contribution in [3.8, 4) is 0 Å². The molecule has 3 heteroatoms. The molecule has 0 aromatic rings. The van der Waals surface area contributed by atoms with Crippen LogP contribution in [0.1, 0.15) is 39.0 Å². The van der Waals surface area contributed by atoms with Gasteiger partial charge in [0.1, 0.15) is 6.23 Å². The quantitative estimate of drug-likeness (QED) is 0.637. The third kappa shape index (κ3) is 2.09. The van der Waals surface area contributed by atoms with Crippen LogP contribution in [0, 0.1) is 0 Å². The molecule has 2 heterocycles. The summed E-state index contributed by atoms with van der Waals surface area (Å²) in [6.07, 6.45) is 5.19. The Bertz CT molecular complexity index is 215. The molecule has 0 spiro atoms. The first-order chi connectivity index (χ1) is 6.25. The van der Waals surface area contributed by atoms with Crippen molar-refractivity contribution < 1.29 is 5.11 Å². The highest BCUT2D eigenvalue weighted by Crippen LogP contribution is 2.22. The second kappa shape index (κ2) is 3.76. The predicted octanol–water partition coefficient (Wildman–Crippen LogP) is 1.07. The van der Waals surface area contributed by atoms with Crippen LogP contribution in [0.4, 0.5) is 0 Å². The first-order valence-corrected chi connectivity index (χ1v) is 5.23. The molecule has 3 atom stereocenters. The van der Waals surface area contributed by atoms with Crippen LogP contribution in [-0.4, -0.2) is 29.1 Å². The Balaban J connectivity index is 1.93. The molecular formula is C10H18N2O. The molecule has 2 N–H and O–H groups in total. The summed E-state index contributed by atoms with van der Waals surface area (Å²) in [7, 11) is 0. The number of nitrogens with zero attached hydrogens (tertiary/aromatic N) is 1. The fraction of sp³-hybridized carbons (Fsp3) is 0.900. The van der Waals surface area contributed by atoms with Gasteiger partial charge in [0.15, 0.2) is 0 Å². The van der Waals surface area contributed by atoms with Crippen LogP contribution in [0.25, 0.3) is 0 Å². The number of aliphatic hydroxyl groups excluding tert-OH is 1. The maximum absolute atomic E-state index is 9.45. The number of rotatable bonds is 1. The standard InChI is InChI=1S/C10H18N2O/c1-7-5-6-9(11-7)8-3-2-4-10(13)12-8/h8-10,12-13H,2-6H2,1H3/t8-,9+,10-/m0/s1. The van der Waals surface area contributed by atoms with Gasteiger partial charge >= 0.3 is 0 Å². The highest BCUT2D eigenvalue weighted by atomic mass is 16.3. The van der Waals surface area contributed by atoms with Gasteiger partial charge in [0, 0.05) is 11.8 Å². The molecule has 2 aliphatic rings. The van der Waals surface area contributed by atoms with Gasteiger partial charge in [-0.1, -0.05) is 0 Å². The van der Waals surface area contributed by atoms with Gasteiger partial charge in [0.05, 0.1) is 6.04 Å². The van der Waals surface area contributed by atoms with Crippen LogP contribution in [0.3, 0.4) is 0 Å². The Morgan fingerprint density at radius 1 is 1.38 bits per heavy atom. The summed E-state index contributed by atoms with van der Waals surface area (Å²) in [4.78, 5) is 4.59. The summed E-state index contributed by atoms with van der Waals surface area (Å²) in [6, 6.07) is 0.844. The third-order valence-electron chi connectivity index (χ3n) is 3.05. The molecule has 1 fully saturated rings. The minimum absolute atomic E-state index is 0.296. The number of nitrogens with one attached hydrogen (secondary N) is 1. The fourth-order valence-corrected chi connectivity index (χ4v) is 2.31. The Morgan fingerprint density at radius 3 is 2.85 bits per heavy atom. The molecule has 0 radical (unpaired) electrons. The summed E-state index contributed by atoms with van der Waals surface area (Å²) in [5, 5.41) is 12.7. The third-order valence-corrected chi connectivity index (χ3v) is 3.05. The lowest BCUT2D eigenvalue weighted by Gasteiger charge is -2.30. The number of hydrogen-bond acceptors (Lipinski definition) is 3. The molecule has 3 nitrogen and oxygen atoms in total. The summed E-state index contributed by atoms with van der Waals surface area (Å²) in [6.45, 7) is 2.10. The van der Waals surface area contributed by atoms with Gasteiger partial charge in [0.2, 0.25) is 0 Å². The van der Waals surface area contributed by atoms with Crippen LogP contribution in [0.15, 0.2) is 4.99 Å². The molecular weight excluding hydrogens is 164 g/mol. The van der Waals surface area contributed by atoms with Gasteiger partial charge in [-0.05, 0) is 39.0 Å². The van der Waals surface area contributed by atoms with Crippen molar-refractivity contribution in [1.82, 2.24) is 5.32 Å². The van der Waals surface area contributed by atoms with E-state index in [4.69, 9.17) is 0 Å². The summed E-state index contributed by atoms with van der Waals surface area (Å²) >= 11 is 0. The van der Waals surface area contributed by atoms with Crippen molar-refractivity contribution in [2.24, 2.45) is 4.99 Å². The Labute approximate surface area is 79.3 Å². The SMILES string of the molecule is CC1=N[C@@H]([C@@H]2CCC[C@H](O)N2)CC1. The normalized spacial score (nSPS) is 40.5. The fourth-order valence-electron chi connectivity index (χ4n) is 2.31. The highest BCUT2D eigenvalue weighted by Gasteiger charge is 2.28. The molecule has 0 aromatic heterocycles. The monoisotopic (exact) mass is 182 g/mol. The van der Waals surface area contributed by atoms with Gasteiger partial charge in [-0.15, -0.1) is 0 Å². The largest absolute Gasteiger partial charge is 0.379 e. The molecule has 13 heavy (non-hydrogen) atoms. The number of hydrogen-bond donors (Lipinski definition) is 2. The van der Waals surface area contributed by atoms with E-state index in [9.17, 15) is 5.11 Å². The predicted molar refractivity (Wildman–Crippen MR) is 52.9 cm³/mol. The molecule has 0 aromatic carbocycles. The lowest BCUT2D eigenvalue weighted by atomic mass is 9.96. The van der Waals surface area contributed by atoms with Crippen molar-refractivity contribution in [2.75, 3.05) is 0 Å². The van der Waals surface area contributed by atoms with E-state index in [2.05, 4.69) is 17.2 Å². The van der Waals surface area contributed by atoms with Crippen LogP contribution in [0.5, 0.6) is 0 Å². The van der Waals surface area contributed by atoms with E-state index >= 15 is 0 Å². The van der Waals surface area contributed by atoms with Gasteiger partial charge in [-0.2, -0.15) is 0 Å². The van der Waals surface area contributed by atoms with E-state index in [1.54, 1.807) is 0 Å². The average molecular weight is 182 g/mol. The zero-order valence-corrected chi connectivity index (χ0v) is 8.16. The van der Waals surface area contributed by atoms with Crippen molar-refractivity contribution in [2.45, 2.75) is 57.3 Å². The molecule has 2 aliphatic heterocycles. The Morgan fingerprint density at radius 2 is 2.23 bits per heavy atom. The minimum atomic E-state index is -0.296. The molecule has 0 unspecified atom stereocenters. The summed E-state index contributed by atoms with van der Waals surface area (Å²) < 4.78 is 0. The minimum Gasteiger partial charge on any atom is -0.379 e. The van der Waals surface area contributed by atoms with Crippen molar-refractivity contribution in [3.05, 3.63) is 0 Å². The van der Waals surface area contributed by atoms with Gasteiger partial charge in [-0.3, -0.25) is 10.3 Å². The van der Waals surface area contributed by atoms with E-state index in [0.29, 0.717) is 12.1 Å². The molecule has 2 rings (SSSR count). The average Bonchev–Trinajstić information content (AvgIpc) is 2.52. The van der Waals surface area contributed by atoms with Crippen LogP contribution in [0.2, 0.25) is 0 Å². The highest BCUT2D eigenvalue weighted by molar-refractivity contribution is 5.83. The van der Waals surface area contributed by atoms with Crippen molar-refractivity contribution >= 4 is 5.71 Å². The number of piperidine rings is 1. The van der Waals surface area contributed by atoms with E-state index in [0.717, 1.165) is 25.7 Å². The Hall–Kier alpha value is -0.410. The molecule has 0 amide bonds. The van der Waals surface area contributed by atoms with Gasteiger partial charge in [-0.25, -0.2) is 0 Å². The maximum Gasteiger partial charge on any atom is 0.105 e. The Kier molecular flexibility index (Phi) is 2.65. The van der Waals surface area contributed by atoms with Gasteiger partial charge < -0.3 is 5.11 Å². The first kappa shape index (κ1) is 9.16. The summed E-state index contributed by atoms with van der Waals surface area (Å²) in [5.74, 6) is 0. The smallest absolute Gasteiger partial charge is 0.105 e. The van der Waals surface area contributed by atoms with Crippen LogP contribution < -0.4 is 5.32 Å². The van der Waals surface area contributed by atoms with E-state index in [1.165, 1.54) is 12.1 Å². The summed E-state index contributed by atoms with van der Waals surface area (Å²) in [5.41, 5.74) is 1.27. The maximum atomic E-state index is 9.45.